The van der Waals surface area contributed by atoms with Gasteiger partial charge in [0, 0.05) is 13.1 Å². The molecular formula is C26H32NO3-. The van der Waals surface area contributed by atoms with E-state index in [9.17, 15) is 9.90 Å². The van der Waals surface area contributed by atoms with Crippen molar-refractivity contribution < 1.29 is 14.6 Å². The number of carbonyl (C=O) groups excluding carboxylic acids is 1. The summed E-state index contributed by atoms with van der Waals surface area (Å²) in [7, 11) is 1.47. The molecule has 1 fully saturated rings. The van der Waals surface area contributed by atoms with Crippen LogP contribution in [0.4, 0.5) is 0 Å². The first kappa shape index (κ1) is 22.1. The Morgan fingerprint density at radius 1 is 1.27 bits per heavy atom. The fourth-order valence-electron chi connectivity index (χ4n) is 4.56. The van der Waals surface area contributed by atoms with Crippen LogP contribution in [0.1, 0.15) is 37.0 Å². The van der Waals surface area contributed by atoms with Gasteiger partial charge >= 0.3 is 5.97 Å². The Morgan fingerprint density at radius 3 is 2.63 bits per heavy atom. The number of hydrogen-bond donors (Lipinski definition) is 0. The van der Waals surface area contributed by atoms with E-state index in [4.69, 9.17) is 4.74 Å². The zero-order valence-electron chi connectivity index (χ0n) is 18.3. The van der Waals surface area contributed by atoms with Crippen molar-refractivity contribution in [2.75, 3.05) is 26.7 Å². The molecule has 0 amide bonds. The molecule has 0 bridgehead atoms. The van der Waals surface area contributed by atoms with Gasteiger partial charge in [0.2, 0.25) is 0 Å². The predicted octanol–water partition coefficient (Wildman–Crippen LogP) is 3.65. The molecule has 2 aromatic rings. The Balaban J connectivity index is 1.71. The van der Waals surface area contributed by atoms with Crippen LogP contribution in [0.3, 0.4) is 0 Å². The summed E-state index contributed by atoms with van der Waals surface area (Å²) >= 11 is 0. The molecule has 0 aliphatic carbocycles. The lowest BCUT2D eigenvalue weighted by Gasteiger charge is -2.46. The van der Waals surface area contributed by atoms with Crippen LogP contribution >= 0.6 is 0 Å². The third-order valence-corrected chi connectivity index (χ3v) is 6.75. The summed E-state index contributed by atoms with van der Waals surface area (Å²) in [5, 5.41) is 11.7. The molecule has 4 heteroatoms. The topological polar surface area (TPSA) is 52.6 Å². The summed E-state index contributed by atoms with van der Waals surface area (Å²) in [5.41, 5.74) is 3.00. The smallest absolute Gasteiger partial charge is 0.310 e. The van der Waals surface area contributed by atoms with E-state index >= 15 is 0 Å². The average molecular weight is 407 g/mol. The summed E-state index contributed by atoms with van der Waals surface area (Å²) < 4.78 is 5.10. The number of benzene rings is 2. The Labute approximate surface area is 180 Å². The van der Waals surface area contributed by atoms with Gasteiger partial charge in [0.25, 0.3) is 0 Å². The van der Waals surface area contributed by atoms with Crippen LogP contribution in [-0.4, -0.2) is 37.6 Å². The quantitative estimate of drug-likeness (QED) is 0.520. The molecule has 1 heterocycles. The largest absolute Gasteiger partial charge is 0.872 e. The van der Waals surface area contributed by atoms with E-state index in [2.05, 4.69) is 43.5 Å². The first-order chi connectivity index (χ1) is 14.3. The Hall–Kier alpha value is -2.59. The number of ether oxygens (including phenoxy) is 1. The van der Waals surface area contributed by atoms with E-state index in [0.29, 0.717) is 24.4 Å². The monoisotopic (exact) mass is 406 g/mol. The van der Waals surface area contributed by atoms with Crippen LogP contribution in [0.15, 0.2) is 61.2 Å². The number of piperidine rings is 1. The second-order valence-corrected chi connectivity index (χ2v) is 8.74. The van der Waals surface area contributed by atoms with Crippen LogP contribution in [0, 0.1) is 11.8 Å². The van der Waals surface area contributed by atoms with E-state index in [0.717, 1.165) is 25.1 Å². The second kappa shape index (κ2) is 9.48. The normalized spacial score (nSPS) is 23.0. The zero-order valence-corrected chi connectivity index (χ0v) is 18.3. The maximum absolute atomic E-state index is 12.4. The van der Waals surface area contributed by atoms with E-state index < -0.39 is 0 Å². The minimum absolute atomic E-state index is 0.0118. The molecule has 0 spiro atoms. The highest BCUT2D eigenvalue weighted by Crippen LogP contribution is 2.40. The summed E-state index contributed by atoms with van der Waals surface area (Å²) in [6, 6.07) is 18.0. The molecule has 3 atom stereocenters. The first-order valence-electron chi connectivity index (χ1n) is 10.6. The molecule has 1 saturated heterocycles. The van der Waals surface area contributed by atoms with Crippen LogP contribution in [0.25, 0.3) is 5.76 Å². The van der Waals surface area contributed by atoms with Gasteiger partial charge in [-0.1, -0.05) is 68.4 Å². The van der Waals surface area contributed by atoms with Crippen LogP contribution in [0.2, 0.25) is 0 Å². The van der Waals surface area contributed by atoms with E-state index in [1.807, 2.05) is 36.4 Å². The lowest BCUT2D eigenvalue weighted by atomic mass is 9.67. The van der Waals surface area contributed by atoms with Crippen molar-refractivity contribution in [1.29, 1.82) is 0 Å². The van der Waals surface area contributed by atoms with Gasteiger partial charge in [-0.2, -0.15) is 0 Å². The fraction of sp³-hybridized carbons (Fsp3) is 0.423. The molecule has 1 aliphatic heterocycles. The van der Waals surface area contributed by atoms with Crippen molar-refractivity contribution in [3.63, 3.8) is 0 Å². The number of nitrogens with zero attached hydrogens (tertiary/aromatic N) is 1. The molecule has 1 aliphatic rings. The number of methoxy groups -OCH3 is 1. The van der Waals surface area contributed by atoms with Crippen LogP contribution in [-0.2, 0) is 21.4 Å². The molecule has 0 saturated carbocycles. The minimum Gasteiger partial charge on any atom is -0.872 e. The van der Waals surface area contributed by atoms with Gasteiger partial charge in [-0.05, 0) is 47.4 Å². The maximum Gasteiger partial charge on any atom is 0.310 e. The van der Waals surface area contributed by atoms with Crippen LogP contribution < -0.4 is 5.11 Å². The minimum atomic E-state index is -0.180. The number of hydrogen-bond acceptors (Lipinski definition) is 4. The number of carbonyl (C=O) groups is 1. The van der Waals surface area contributed by atoms with Gasteiger partial charge in [0.1, 0.15) is 0 Å². The van der Waals surface area contributed by atoms with Crippen molar-refractivity contribution in [2.45, 2.75) is 32.1 Å². The van der Waals surface area contributed by atoms with Crippen molar-refractivity contribution in [1.82, 2.24) is 4.90 Å². The molecule has 30 heavy (non-hydrogen) atoms. The van der Waals surface area contributed by atoms with Crippen molar-refractivity contribution >= 4 is 11.7 Å². The van der Waals surface area contributed by atoms with Gasteiger partial charge in [-0.15, -0.1) is 12.3 Å². The molecule has 3 unspecified atom stereocenters. The molecule has 2 aromatic carbocycles. The third kappa shape index (κ3) is 4.93. The van der Waals surface area contributed by atoms with E-state index in [1.165, 1.54) is 12.7 Å². The molecular weight excluding hydrogens is 374 g/mol. The standard InChI is InChI=1S/C26H33NO3/c1-19-17-27(18-23(25(29)30-4)15-21-9-6-5-7-10-21)14-13-26(19,3)24-12-8-11-22(16-24)20(2)28/h5-12,16,19,23,28H,2,13-15,17-18H2,1,3-4H3/p-1. The van der Waals surface area contributed by atoms with Gasteiger partial charge < -0.3 is 14.7 Å². The van der Waals surface area contributed by atoms with Crippen molar-refractivity contribution in [2.24, 2.45) is 11.8 Å². The highest BCUT2D eigenvalue weighted by atomic mass is 16.5. The SMILES string of the molecule is C=C([O-])c1cccc(C2(C)CCN(CC(Cc3ccccc3)C(=O)OC)CC2C)c1. The summed E-state index contributed by atoms with van der Waals surface area (Å²) in [4.78, 5) is 14.8. The van der Waals surface area contributed by atoms with Gasteiger partial charge in [0.05, 0.1) is 13.0 Å². The number of rotatable bonds is 7. The average Bonchev–Trinajstić information content (AvgIpc) is 2.76. The molecule has 0 N–H and O–H groups in total. The summed E-state index contributed by atoms with van der Waals surface area (Å²) in [6.45, 7) is 10.6. The second-order valence-electron chi connectivity index (χ2n) is 8.74. The Kier molecular flexibility index (Phi) is 6.99. The van der Waals surface area contributed by atoms with E-state index in [1.54, 1.807) is 0 Å². The Bertz CT molecular complexity index is 879. The van der Waals surface area contributed by atoms with Crippen molar-refractivity contribution in [3.05, 3.63) is 77.9 Å². The highest BCUT2D eigenvalue weighted by Gasteiger charge is 2.39. The first-order valence-corrected chi connectivity index (χ1v) is 10.6. The summed E-state index contributed by atoms with van der Waals surface area (Å²) in [5.74, 6) is -0.0913. The predicted molar refractivity (Wildman–Crippen MR) is 119 cm³/mol. The molecule has 3 rings (SSSR count). The van der Waals surface area contributed by atoms with Crippen molar-refractivity contribution in [3.8, 4) is 0 Å². The molecule has 0 radical (unpaired) electrons. The van der Waals surface area contributed by atoms with Gasteiger partial charge in [-0.25, -0.2) is 0 Å². The third-order valence-electron chi connectivity index (χ3n) is 6.75. The van der Waals surface area contributed by atoms with E-state index in [-0.39, 0.29) is 23.1 Å². The Morgan fingerprint density at radius 2 is 2.00 bits per heavy atom. The zero-order chi connectivity index (χ0) is 21.7. The maximum atomic E-state index is 12.4. The highest BCUT2D eigenvalue weighted by molar-refractivity contribution is 5.73. The summed E-state index contributed by atoms with van der Waals surface area (Å²) in [6.07, 6.45) is 1.66. The molecule has 4 nitrogen and oxygen atoms in total. The van der Waals surface area contributed by atoms with Crippen LogP contribution in [0.5, 0.6) is 0 Å². The number of likely N-dealkylation sites (tertiary alicyclic amines) is 1. The lowest BCUT2D eigenvalue weighted by Crippen LogP contribution is -2.49. The molecule has 160 valence electrons. The fourth-order valence-corrected chi connectivity index (χ4v) is 4.56. The molecule has 0 aromatic heterocycles. The number of esters is 1. The van der Waals surface area contributed by atoms with Gasteiger partial charge in [-0.3, -0.25) is 4.79 Å². The lowest BCUT2D eigenvalue weighted by molar-refractivity contribution is -0.243. The van der Waals surface area contributed by atoms with Gasteiger partial charge in [0.15, 0.2) is 0 Å².